The fraction of sp³-hybridized carbons (Fsp3) is 0.500. The molecule has 76 valence electrons. The lowest BCUT2D eigenvalue weighted by atomic mass is 10.0. The molecule has 0 spiro atoms. The molecule has 1 heterocycles. The van der Waals surface area contributed by atoms with Crippen LogP contribution in [0.4, 0.5) is 5.69 Å². The molecule has 1 aromatic carbocycles. The average molecular weight is 210 g/mol. The van der Waals surface area contributed by atoms with Gasteiger partial charge in [0.05, 0.1) is 0 Å². The number of benzene rings is 1. The summed E-state index contributed by atoms with van der Waals surface area (Å²) in [6.07, 6.45) is 0. The minimum atomic E-state index is 0.614. The van der Waals surface area contributed by atoms with Gasteiger partial charge in [-0.3, -0.25) is 0 Å². The van der Waals surface area contributed by atoms with E-state index >= 15 is 0 Å². The van der Waals surface area contributed by atoms with Crippen molar-refractivity contribution >= 4 is 17.3 Å². The van der Waals surface area contributed by atoms with Crippen LogP contribution in [-0.2, 0) is 5.88 Å². The van der Waals surface area contributed by atoms with Gasteiger partial charge in [-0.2, -0.15) is 0 Å². The largest absolute Gasteiger partial charge is 0.371 e. The van der Waals surface area contributed by atoms with E-state index < -0.39 is 0 Å². The van der Waals surface area contributed by atoms with Gasteiger partial charge in [0.15, 0.2) is 0 Å². The fourth-order valence-electron chi connectivity index (χ4n) is 1.94. The van der Waals surface area contributed by atoms with Crippen LogP contribution in [-0.4, -0.2) is 13.1 Å². The van der Waals surface area contributed by atoms with Gasteiger partial charge in [0.25, 0.3) is 0 Å². The highest BCUT2D eigenvalue weighted by molar-refractivity contribution is 6.17. The van der Waals surface area contributed by atoms with Gasteiger partial charge in [0, 0.05) is 24.7 Å². The molecule has 0 aromatic heterocycles. The van der Waals surface area contributed by atoms with Gasteiger partial charge < -0.3 is 4.90 Å². The van der Waals surface area contributed by atoms with Crippen molar-refractivity contribution in [2.24, 2.45) is 5.92 Å². The first kappa shape index (κ1) is 9.85. The molecular formula is C12H16ClN. The highest BCUT2D eigenvalue weighted by Gasteiger charge is 2.22. The van der Waals surface area contributed by atoms with E-state index in [2.05, 4.69) is 36.9 Å². The SMILES string of the molecule is Cc1cc(N2CC(C)C2)ccc1CCl. The maximum atomic E-state index is 5.82. The maximum absolute atomic E-state index is 5.82. The molecule has 14 heavy (non-hydrogen) atoms. The smallest absolute Gasteiger partial charge is 0.0476 e. The molecule has 0 radical (unpaired) electrons. The zero-order valence-electron chi connectivity index (χ0n) is 8.76. The van der Waals surface area contributed by atoms with E-state index in [1.54, 1.807) is 0 Å². The third-order valence-electron chi connectivity index (χ3n) is 2.90. The Bertz CT molecular complexity index is 329. The Morgan fingerprint density at radius 3 is 2.64 bits per heavy atom. The van der Waals surface area contributed by atoms with Gasteiger partial charge >= 0.3 is 0 Å². The molecule has 2 heteroatoms. The van der Waals surface area contributed by atoms with Crippen molar-refractivity contribution in [3.8, 4) is 0 Å². The predicted octanol–water partition coefficient (Wildman–Crippen LogP) is 3.19. The van der Waals surface area contributed by atoms with Gasteiger partial charge in [0.2, 0.25) is 0 Å². The number of nitrogens with zero attached hydrogens (tertiary/aromatic N) is 1. The van der Waals surface area contributed by atoms with Crippen LogP contribution in [0.3, 0.4) is 0 Å². The van der Waals surface area contributed by atoms with Crippen molar-refractivity contribution in [1.82, 2.24) is 0 Å². The minimum absolute atomic E-state index is 0.614. The Morgan fingerprint density at radius 2 is 2.14 bits per heavy atom. The summed E-state index contributed by atoms with van der Waals surface area (Å²) in [5.74, 6) is 1.46. The molecular weight excluding hydrogens is 194 g/mol. The number of alkyl halides is 1. The second kappa shape index (κ2) is 3.82. The predicted molar refractivity (Wildman–Crippen MR) is 62.1 cm³/mol. The third-order valence-corrected chi connectivity index (χ3v) is 3.19. The molecule has 0 unspecified atom stereocenters. The zero-order chi connectivity index (χ0) is 10.1. The number of anilines is 1. The van der Waals surface area contributed by atoms with Crippen LogP contribution in [0.1, 0.15) is 18.1 Å². The second-order valence-corrected chi connectivity index (χ2v) is 4.52. The Kier molecular flexibility index (Phi) is 2.69. The first-order valence-corrected chi connectivity index (χ1v) is 5.64. The number of hydrogen-bond acceptors (Lipinski definition) is 1. The summed E-state index contributed by atoms with van der Waals surface area (Å²) in [7, 11) is 0. The summed E-state index contributed by atoms with van der Waals surface area (Å²) in [5.41, 5.74) is 3.88. The minimum Gasteiger partial charge on any atom is -0.371 e. The lowest BCUT2D eigenvalue weighted by Gasteiger charge is -2.39. The molecule has 1 nitrogen and oxygen atoms in total. The second-order valence-electron chi connectivity index (χ2n) is 4.25. The summed E-state index contributed by atoms with van der Waals surface area (Å²) >= 11 is 5.82. The molecule has 1 fully saturated rings. The molecule has 0 N–H and O–H groups in total. The van der Waals surface area contributed by atoms with Gasteiger partial charge in [-0.25, -0.2) is 0 Å². The maximum Gasteiger partial charge on any atom is 0.0476 e. The van der Waals surface area contributed by atoms with Crippen LogP contribution in [0.5, 0.6) is 0 Å². The zero-order valence-corrected chi connectivity index (χ0v) is 9.51. The van der Waals surface area contributed by atoms with Crippen LogP contribution in [0, 0.1) is 12.8 Å². The molecule has 0 saturated carbocycles. The molecule has 0 atom stereocenters. The average Bonchev–Trinajstić information content (AvgIpc) is 2.13. The Morgan fingerprint density at radius 1 is 1.43 bits per heavy atom. The number of aryl methyl sites for hydroxylation is 1. The Balaban J connectivity index is 2.16. The van der Waals surface area contributed by atoms with Crippen LogP contribution < -0.4 is 4.90 Å². The molecule has 1 saturated heterocycles. The highest BCUT2D eigenvalue weighted by atomic mass is 35.5. The van der Waals surface area contributed by atoms with Crippen molar-refractivity contribution in [3.63, 3.8) is 0 Å². The molecule has 0 aliphatic carbocycles. The third kappa shape index (κ3) is 1.74. The van der Waals surface area contributed by atoms with Gasteiger partial charge in [-0.1, -0.05) is 13.0 Å². The summed E-state index contributed by atoms with van der Waals surface area (Å²) in [6.45, 7) is 6.81. The van der Waals surface area contributed by atoms with E-state index in [1.165, 1.54) is 29.9 Å². The summed E-state index contributed by atoms with van der Waals surface area (Å²) in [5, 5.41) is 0. The van der Waals surface area contributed by atoms with E-state index in [9.17, 15) is 0 Å². The van der Waals surface area contributed by atoms with E-state index in [1.807, 2.05) is 0 Å². The van der Waals surface area contributed by atoms with Gasteiger partial charge in [-0.15, -0.1) is 11.6 Å². The standard InChI is InChI=1S/C12H16ClN/c1-9-7-14(8-9)12-4-3-11(6-13)10(2)5-12/h3-5,9H,6-8H2,1-2H3. The Labute approximate surface area is 90.7 Å². The Hall–Kier alpha value is -0.690. The van der Waals surface area contributed by atoms with E-state index in [0.717, 1.165) is 5.92 Å². The lowest BCUT2D eigenvalue weighted by molar-refractivity contribution is 0.447. The quantitative estimate of drug-likeness (QED) is 0.677. The number of hydrogen-bond donors (Lipinski definition) is 0. The number of rotatable bonds is 2. The van der Waals surface area contributed by atoms with Gasteiger partial charge in [0.1, 0.15) is 0 Å². The van der Waals surface area contributed by atoms with E-state index in [4.69, 9.17) is 11.6 Å². The molecule has 1 aliphatic heterocycles. The monoisotopic (exact) mass is 209 g/mol. The molecule has 1 aliphatic rings. The molecule has 0 bridgehead atoms. The lowest BCUT2D eigenvalue weighted by Crippen LogP contribution is -2.45. The van der Waals surface area contributed by atoms with E-state index in [-0.39, 0.29) is 0 Å². The first-order chi connectivity index (χ1) is 6.70. The molecule has 1 aromatic rings. The first-order valence-electron chi connectivity index (χ1n) is 5.11. The van der Waals surface area contributed by atoms with Crippen LogP contribution in [0.25, 0.3) is 0 Å². The summed E-state index contributed by atoms with van der Waals surface area (Å²) in [4.78, 5) is 2.41. The molecule has 0 amide bonds. The summed E-state index contributed by atoms with van der Waals surface area (Å²) in [6, 6.07) is 6.56. The van der Waals surface area contributed by atoms with Crippen molar-refractivity contribution in [1.29, 1.82) is 0 Å². The van der Waals surface area contributed by atoms with Crippen LogP contribution in [0.2, 0.25) is 0 Å². The van der Waals surface area contributed by atoms with Crippen molar-refractivity contribution in [3.05, 3.63) is 29.3 Å². The van der Waals surface area contributed by atoms with Crippen LogP contribution in [0.15, 0.2) is 18.2 Å². The van der Waals surface area contributed by atoms with Crippen molar-refractivity contribution in [2.75, 3.05) is 18.0 Å². The van der Waals surface area contributed by atoms with Crippen molar-refractivity contribution in [2.45, 2.75) is 19.7 Å². The van der Waals surface area contributed by atoms with E-state index in [0.29, 0.717) is 5.88 Å². The number of halogens is 1. The molecule has 2 rings (SSSR count). The summed E-state index contributed by atoms with van der Waals surface area (Å²) < 4.78 is 0. The normalized spacial score (nSPS) is 16.9. The fourth-order valence-corrected chi connectivity index (χ4v) is 2.24. The highest BCUT2D eigenvalue weighted by Crippen LogP contribution is 2.26. The van der Waals surface area contributed by atoms with Crippen LogP contribution >= 0.6 is 11.6 Å². The van der Waals surface area contributed by atoms with Crippen molar-refractivity contribution < 1.29 is 0 Å². The topological polar surface area (TPSA) is 3.24 Å². The van der Waals surface area contributed by atoms with Gasteiger partial charge in [-0.05, 0) is 36.1 Å².